The zero-order chi connectivity index (χ0) is 18.5. The number of amides is 1. The van der Waals surface area contributed by atoms with Gasteiger partial charge < -0.3 is 10.2 Å². The second-order valence-electron chi connectivity index (χ2n) is 7.11. The average molecular weight is 355 g/mol. The number of carbonyl (C=O) groups excluding carboxylic acids is 1. The van der Waals surface area contributed by atoms with Crippen molar-refractivity contribution in [3.63, 3.8) is 0 Å². The normalized spacial score (nSPS) is 17.3. The van der Waals surface area contributed by atoms with Crippen molar-refractivity contribution in [1.29, 1.82) is 0 Å². The van der Waals surface area contributed by atoms with Crippen molar-refractivity contribution in [2.45, 2.75) is 46.6 Å². The van der Waals surface area contributed by atoms with Gasteiger partial charge in [-0.2, -0.15) is 5.10 Å². The highest BCUT2D eigenvalue weighted by atomic mass is 16.2. The van der Waals surface area contributed by atoms with E-state index in [1.807, 2.05) is 36.9 Å². The van der Waals surface area contributed by atoms with Gasteiger partial charge in [0.05, 0.1) is 5.69 Å². The van der Waals surface area contributed by atoms with Gasteiger partial charge in [0.25, 0.3) is 0 Å². The molecule has 1 aliphatic heterocycles. The minimum Gasteiger partial charge on any atom is -0.356 e. The lowest BCUT2D eigenvalue weighted by Crippen LogP contribution is -2.42. The van der Waals surface area contributed by atoms with Gasteiger partial charge in [-0.05, 0) is 56.7 Å². The van der Waals surface area contributed by atoms with Crippen LogP contribution in [0, 0.1) is 19.8 Å². The largest absolute Gasteiger partial charge is 0.356 e. The van der Waals surface area contributed by atoms with Crippen molar-refractivity contribution in [3.8, 4) is 0 Å². The fraction of sp³-hybridized carbons (Fsp3) is 0.550. The molecule has 0 bridgehead atoms. The number of hydrogen-bond acceptors (Lipinski definition) is 4. The second-order valence-corrected chi connectivity index (χ2v) is 7.11. The Kier molecular flexibility index (Phi) is 5.91. The number of aryl methyl sites for hydroxylation is 1. The Morgan fingerprint density at radius 2 is 2.19 bits per heavy atom. The zero-order valence-corrected chi connectivity index (χ0v) is 16.0. The van der Waals surface area contributed by atoms with E-state index in [4.69, 9.17) is 0 Å². The van der Waals surface area contributed by atoms with Crippen LogP contribution < -0.4 is 10.2 Å². The summed E-state index contributed by atoms with van der Waals surface area (Å²) in [4.78, 5) is 19.1. The molecule has 26 heavy (non-hydrogen) atoms. The summed E-state index contributed by atoms with van der Waals surface area (Å²) in [5.41, 5.74) is 3.37. The second kappa shape index (κ2) is 8.34. The van der Waals surface area contributed by atoms with Gasteiger partial charge in [-0.15, -0.1) is 0 Å². The summed E-state index contributed by atoms with van der Waals surface area (Å²) < 4.78 is 1.82. The van der Waals surface area contributed by atoms with Crippen molar-refractivity contribution in [2.24, 2.45) is 5.92 Å². The third-order valence-corrected chi connectivity index (χ3v) is 5.26. The third-order valence-electron chi connectivity index (χ3n) is 5.26. The van der Waals surface area contributed by atoms with E-state index in [0.717, 1.165) is 49.6 Å². The molecule has 0 saturated carbocycles. The lowest BCUT2D eigenvalue weighted by atomic mass is 9.98. The van der Waals surface area contributed by atoms with E-state index in [9.17, 15) is 4.79 Å². The number of aromatic nitrogens is 3. The maximum Gasteiger partial charge on any atom is 0.241 e. The minimum atomic E-state index is 0.0354. The van der Waals surface area contributed by atoms with Gasteiger partial charge >= 0.3 is 0 Å². The molecule has 1 aliphatic rings. The first kappa shape index (κ1) is 18.4. The number of rotatable bonds is 6. The van der Waals surface area contributed by atoms with Crippen molar-refractivity contribution < 1.29 is 4.79 Å². The fourth-order valence-corrected chi connectivity index (χ4v) is 3.83. The summed E-state index contributed by atoms with van der Waals surface area (Å²) >= 11 is 0. The molecule has 0 spiro atoms. The first-order chi connectivity index (χ1) is 12.6. The van der Waals surface area contributed by atoms with Crippen LogP contribution in [0.25, 0.3) is 0 Å². The van der Waals surface area contributed by atoms with Gasteiger partial charge in [0, 0.05) is 31.5 Å². The zero-order valence-electron chi connectivity index (χ0n) is 16.0. The molecule has 3 heterocycles. The summed E-state index contributed by atoms with van der Waals surface area (Å²) in [6, 6.07) is 6.01. The molecule has 1 amide bonds. The van der Waals surface area contributed by atoms with E-state index < -0.39 is 0 Å². The highest BCUT2D eigenvalue weighted by molar-refractivity contribution is 5.75. The predicted molar refractivity (Wildman–Crippen MR) is 103 cm³/mol. The van der Waals surface area contributed by atoms with Crippen LogP contribution in [0.3, 0.4) is 0 Å². The van der Waals surface area contributed by atoms with E-state index in [1.54, 1.807) is 0 Å². The van der Waals surface area contributed by atoms with Crippen LogP contribution in [0.15, 0.2) is 24.4 Å². The van der Waals surface area contributed by atoms with Crippen LogP contribution in [0.4, 0.5) is 5.82 Å². The topological polar surface area (TPSA) is 63.1 Å². The van der Waals surface area contributed by atoms with Crippen molar-refractivity contribution in [2.75, 3.05) is 24.5 Å². The minimum absolute atomic E-state index is 0.0354. The molecule has 0 radical (unpaired) electrons. The Bertz CT molecular complexity index is 740. The highest BCUT2D eigenvalue weighted by Crippen LogP contribution is 2.20. The van der Waals surface area contributed by atoms with Gasteiger partial charge in [0.15, 0.2) is 0 Å². The van der Waals surface area contributed by atoms with Gasteiger partial charge in [-0.1, -0.05) is 13.0 Å². The van der Waals surface area contributed by atoms with Crippen LogP contribution in [0.5, 0.6) is 0 Å². The SMILES string of the molecule is CCc1c(C)nn(CC(=O)NC[C@@H]2CCCN(c3ccccn3)C2)c1C. The third kappa shape index (κ3) is 4.23. The van der Waals surface area contributed by atoms with Gasteiger partial charge in [-0.25, -0.2) is 4.98 Å². The summed E-state index contributed by atoms with van der Waals surface area (Å²) in [6.07, 6.45) is 5.06. The smallest absolute Gasteiger partial charge is 0.241 e. The molecule has 0 unspecified atom stereocenters. The molecule has 0 aliphatic carbocycles. The standard InChI is InChI=1S/C20H29N5O/c1-4-18-15(2)23-25(16(18)3)14-20(26)22-12-17-8-7-11-24(13-17)19-9-5-6-10-21-19/h5-6,9-10,17H,4,7-8,11-14H2,1-3H3,(H,22,26)/t17-/m0/s1. The quantitative estimate of drug-likeness (QED) is 0.865. The van der Waals surface area contributed by atoms with E-state index in [0.29, 0.717) is 19.0 Å². The van der Waals surface area contributed by atoms with Crippen molar-refractivity contribution >= 4 is 11.7 Å². The molecule has 1 saturated heterocycles. The van der Waals surface area contributed by atoms with Crippen molar-refractivity contribution in [1.82, 2.24) is 20.1 Å². The summed E-state index contributed by atoms with van der Waals surface area (Å²) in [5.74, 6) is 1.52. The maximum atomic E-state index is 12.4. The summed E-state index contributed by atoms with van der Waals surface area (Å²) in [7, 11) is 0. The van der Waals surface area contributed by atoms with Crippen LogP contribution in [-0.4, -0.2) is 40.3 Å². The fourth-order valence-electron chi connectivity index (χ4n) is 3.83. The van der Waals surface area contributed by atoms with Gasteiger partial charge in [0.2, 0.25) is 5.91 Å². The van der Waals surface area contributed by atoms with Crippen molar-refractivity contribution in [3.05, 3.63) is 41.3 Å². The Balaban J connectivity index is 1.51. The number of nitrogens with zero attached hydrogens (tertiary/aromatic N) is 4. The van der Waals surface area contributed by atoms with E-state index in [2.05, 4.69) is 33.3 Å². The van der Waals surface area contributed by atoms with E-state index in [-0.39, 0.29) is 5.91 Å². The molecule has 0 aromatic carbocycles. The number of pyridine rings is 1. The number of nitrogens with one attached hydrogen (secondary N) is 1. The molecule has 1 N–H and O–H groups in total. The number of hydrogen-bond donors (Lipinski definition) is 1. The Labute approximate surface area is 155 Å². The molecule has 6 heteroatoms. The molecular weight excluding hydrogens is 326 g/mol. The molecule has 6 nitrogen and oxygen atoms in total. The first-order valence-electron chi connectivity index (χ1n) is 9.54. The lowest BCUT2D eigenvalue weighted by Gasteiger charge is -2.33. The number of carbonyl (C=O) groups is 1. The predicted octanol–water partition coefficient (Wildman–Crippen LogP) is 2.49. The summed E-state index contributed by atoms with van der Waals surface area (Å²) in [6.45, 7) is 9.15. The highest BCUT2D eigenvalue weighted by Gasteiger charge is 2.21. The monoisotopic (exact) mass is 355 g/mol. The molecule has 140 valence electrons. The van der Waals surface area contributed by atoms with Crippen LogP contribution in [-0.2, 0) is 17.8 Å². The first-order valence-corrected chi connectivity index (χ1v) is 9.54. The lowest BCUT2D eigenvalue weighted by molar-refractivity contribution is -0.122. The molecular formula is C20H29N5O. The van der Waals surface area contributed by atoms with Gasteiger partial charge in [0.1, 0.15) is 12.4 Å². The molecule has 1 atom stereocenters. The summed E-state index contributed by atoms with van der Waals surface area (Å²) in [5, 5.41) is 7.61. The van der Waals surface area contributed by atoms with Gasteiger partial charge in [-0.3, -0.25) is 9.48 Å². The average Bonchev–Trinajstić information content (AvgIpc) is 2.93. The molecule has 2 aromatic heterocycles. The number of anilines is 1. The Morgan fingerprint density at radius 3 is 2.88 bits per heavy atom. The molecule has 1 fully saturated rings. The molecule has 3 rings (SSSR count). The maximum absolute atomic E-state index is 12.4. The Hall–Kier alpha value is -2.37. The van der Waals surface area contributed by atoms with Crippen LogP contribution >= 0.6 is 0 Å². The van der Waals surface area contributed by atoms with E-state index in [1.165, 1.54) is 5.56 Å². The van der Waals surface area contributed by atoms with E-state index >= 15 is 0 Å². The number of piperidine rings is 1. The van der Waals surface area contributed by atoms with Crippen LogP contribution in [0.1, 0.15) is 36.7 Å². The Morgan fingerprint density at radius 1 is 1.35 bits per heavy atom. The van der Waals surface area contributed by atoms with Crippen LogP contribution in [0.2, 0.25) is 0 Å². The molecule has 2 aromatic rings.